The Balaban J connectivity index is 2.54. The molecule has 0 atom stereocenters. The lowest BCUT2D eigenvalue weighted by atomic mass is 10.1. The lowest BCUT2D eigenvalue weighted by molar-refractivity contribution is -0.118. The second-order valence-corrected chi connectivity index (χ2v) is 3.69. The molecule has 0 radical (unpaired) electrons. The van der Waals surface area contributed by atoms with E-state index in [4.69, 9.17) is 5.73 Å². The summed E-state index contributed by atoms with van der Waals surface area (Å²) in [6.07, 6.45) is 0.341. The normalized spacial score (nSPS) is 10.8. The van der Waals surface area contributed by atoms with E-state index < -0.39 is 17.5 Å². The lowest BCUT2D eigenvalue weighted by Gasteiger charge is -2.14. The van der Waals surface area contributed by atoms with Gasteiger partial charge in [-0.2, -0.15) is 0 Å². The number of nitrogens with two attached hydrogens (primary N) is 1. The van der Waals surface area contributed by atoms with Crippen LogP contribution in [-0.4, -0.2) is 30.9 Å². The van der Waals surface area contributed by atoms with Crippen LogP contribution in [0.25, 0.3) is 0 Å². The van der Waals surface area contributed by atoms with Crippen LogP contribution in [0.15, 0.2) is 18.2 Å². The number of carbonyl (C=O) groups is 1. The van der Waals surface area contributed by atoms with Crippen LogP contribution in [0.5, 0.6) is 0 Å². The average molecular weight is 228 g/mol. The Hall–Kier alpha value is -1.49. The first-order chi connectivity index (χ1) is 7.49. The molecule has 1 aromatic carbocycles. The third-order valence-electron chi connectivity index (χ3n) is 2.20. The van der Waals surface area contributed by atoms with E-state index in [-0.39, 0.29) is 6.54 Å². The summed E-state index contributed by atoms with van der Waals surface area (Å²) in [6, 6.07) is 3.33. The van der Waals surface area contributed by atoms with Crippen molar-refractivity contribution < 1.29 is 13.6 Å². The molecule has 0 saturated carbocycles. The van der Waals surface area contributed by atoms with E-state index in [1.807, 2.05) is 0 Å². The molecule has 0 aliphatic rings. The first-order valence-corrected chi connectivity index (χ1v) is 4.90. The third-order valence-corrected chi connectivity index (χ3v) is 2.20. The van der Waals surface area contributed by atoms with E-state index >= 15 is 0 Å². The molecule has 16 heavy (non-hydrogen) atoms. The molecule has 0 spiro atoms. The second kappa shape index (κ2) is 5.55. The standard InChI is InChI=1S/C11H14F2N2O/c1-15(7-11(14)16)5-4-8-6-9(12)2-3-10(8)13/h2-3,6H,4-5,7H2,1H3,(H2,14,16). The number of hydrogen-bond donors (Lipinski definition) is 1. The van der Waals surface area contributed by atoms with Crippen molar-refractivity contribution in [3.05, 3.63) is 35.4 Å². The number of rotatable bonds is 5. The molecule has 0 saturated heterocycles. The predicted molar refractivity (Wildman–Crippen MR) is 56.8 cm³/mol. The molecule has 2 N–H and O–H groups in total. The van der Waals surface area contributed by atoms with Crippen molar-refractivity contribution in [3.8, 4) is 0 Å². The van der Waals surface area contributed by atoms with Crippen LogP contribution >= 0.6 is 0 Å². The Morgan fingerprint density at radius 1 is 1.44 bits per heavy atom. The van der Waals surface area contributed by atoms with Gasteiger partial charge < -0.3 is 5.73 Å². The van der Waals surface area contributed by atoms with Crippen molar-refractivity contribution in [3.63, 3.8) is 0 Å². The maximum absolute atomic E-state index is 13.2. The maximum atomic E-state index is 13.2. The highest BCUT2D eigenvalue weighted by Crippen LogP contribution is 2.10. The van der Waals surface area contributed by atoms with Gasteiger partial charge in [-0.15, -0.1) is 0 Å². The molecular weight excluding hydrogens is 214 g/mol. The molecule has 1 aromatic rings. The molecule has 0 aliphatic heterocycles. The Morgan fingerprint density at radius 3 is 2.75 bits per heavy atom. The summed E-state index contributed by atoms with van der Waals surface area (Å²) < 4.78 is 26.0. The molecule has 3 nitrogen and oxygen atoms in total. The topological polar surface area (TPSA) is 46.3 Å². The van der Waals surface area contributed by atoms with Crippen LogP contribution in [0.3, 0.4) is 0 Å². The van der Waals surface area contributed by atoms with E-state index in [0.29, 0.717) is 18.5 Å². The summed E-state index contributed by atoms with van der Waals surface area (Å²) in [7, 11) is 1.70. The fraction of sp³-hybridized carbons (Fsp3) is 0.364. The summed E-state index contributed by atoms with van der Waals surface area (Å²) in [5, 5.41) is 0. The minimum absolute atomic E-state index is 0.108. The van der Waals surface area contributed by atoms with Gasteiger partial charge in [-0.25, -0.2) is 8.78 Å². The number of likely N-dealkylation sites (N-methyl/N-ethyl adjacent to an activating group) is 1. The van der Waals surface area contributed by atoms with Crippen molar-refractivity contribution in [1.29, 1.82) is 0 Å². The zero-order valence-corrected chi connectivity index (χ0v) is 9.04. The first-order valence-electron chi connectivity index (χ1n) is 4.90. The number of nitrogens with zero attached hydrogens (tertiary/aromatic N) is 1. The SMILES string of the molecule is CN(CCc1cc(F)ccc1F)CC(N)=O. The van der Waals surface area contributed by atoms with Crippen molar-refractivity contribution >= 4 is 5.91 Å². The van der Waals surface area contributed by atoms with Crippen LogP contribution in [0.2, 0.25) is 0 Å². The third kappa shape index (κ3) is 3.94. The van der Waals surface area contributed by atoms with Gasteiger partial charge in [-0.1, -0.05) is 0 Å². The van der Waals surface area contributed by atoms with Crippen LogP contribution in [0.4, 0.5) is 8.78 Å². The largest absolute Gasteiger partial charge is 0.369 e. The molecule has 0 bridgehead atoms. The minimum Gasteiger partial charge on any atom is -0.369 e. The fourth-order valence-corrected chi connectivity index (χ4v) is 1.39. The Labute approximate surface area is 92.8 Å². The quantitative estimate of drug-likeness (QED) is 0.814. The number of hydrogen-bond acceptors (Lipinski definition) is 2. The summed E-state index contributed by atoms with van der Waals surface area (Å²) in [5.41, 5.74) is 5.30. The zero-order valence-electron chi connectivity index (χ0n) is 9.04. The van der Waals surface area contributed by atoms with E-state index in [0.717, 1.165) is 18.2 Å². The predicted octanol–water partition coefficient (Wildman–Crippen LogP) is 0.924. The second-order valence-electron chi connectivity index (χ2n) is 3.69. The van der Waals surface area contributed by atoms with E-state index in [1.165, 1.54) is 0 Å². The van der Waals surface area contributed by atoms with Crippen LogP contribution in [-0.2, 0) is 11.2 Å². The van der Waals surface area contributed by atoms with Gasteiger partial charge in [-0.3, -0.25) is 9.69 Å². The van der Waals surface area contributed by atoms with Crippen LogP contribution < -0.4 is 5.73 Å². The number of primary amides is 1. The number of amides is 1. The number of halogens is 2. The van der Waals surface area contributed by atoms with E-state index in [1.54, 1.807) is 11.9 Å². The van der Waals surface area contributed by atoms with Crippen molar-refractivity contribution in [1.82, 2.24) is 4.90 Å². The monoisotopic (exact) mass is 228 g/mol. The van der Waals surface area contributed by atoms with Crippen LogP contribution in [0, 0.1) is 11.6 Å². The molecule has 0 heterocycles. The fourth-order valence-electron chi connectivity index (χ4n) is 1.39. The minimum atomic E-state index is -0.464. The summed E-state index contributed by atoms with van der Waals surface area (Å²) >= 11 is 0. The van der Waals surface area contributed by atoms with Crippen molar-refractivity contribution in [2.45, 2.75) is 6.42 Å². The molecule has 1 rings (SSSR count). The zero-order chi connectivity index (χ0) is 12.1. The average Bonchev–Trinajstić information content (AvgIpc) is 2.18. The van der Waals surface area contributed by atoms with E-state index in [2.05, 4.69) is 0 Å². The highest BCUT2D eigenvalue weighted by molar-refractivity contribution is 5.75. The molecular formula is C11H14F2N2O. The number of benzene rings is 1. The molecule has 0 aromatic heterocycles. The molecule has 0 fully saturated rings. The van der Waals surface area contributed by atoms with Gasteiger partial charge in [0.25, 0.3) is 0 Å². The smallest absolute Gasteiger partial charge is 0.231 e. The molecule has 0 aliphatic carbocycles. The van der Waals surface area contributed by atoms with Crippen molar-refractivity contribution in [2.24, 2.45) is 5.73 Å². The first kappa shape index (κ1) is 12.6. The van der Waals surface area contributed by atoms with Gasteiger partial charge in [0.1, 0.15) is 11.6 Å². The van der Waals surface area contributed by atoms with Gasteiger partial charge in [0.2, 0.25) is 5.91 Å². The Bertz CT molecular complexity index is 382. The summed E-state index contributed by atoms with van der Waals surface area (Å²) in [6.45, 7) is 0.556. The highest BCUT2D eigenvalue weighted by atomic mass is 19.1. The lowest BCUT2D eigenvalue weighted by Crippen LogP contribution is -2.32. The summed E-state index contributed by atoms with van der Waals surface area (Å²) in [5.74, 6) is -1.34. The molecule has 88 valence electrons. The maximum Gasteiger partial charge on any atom is 0.231 e. The van der Waals surface area contributed by atoms with Gasteiger partial charge >= 0.3 is 0 Å². The van der Waals surface area contributed by atoms with E-state index in [9.17, 15) is 13.6 Å². The summed E-state index contributed by atoms with van der Waals surface area (Å²) in [4.78, 5) is 12.2. The molecule has 1 amide bonds. The Morgan fingerprint density at radius 2 is 2.12 bits per heavy atom. The van der Waals surface area contributed by atoms with Crippen LogP contribution in [0.1, 0.15) is 5.56 Å². The Kier molecular flexibility index (Phi) is 4.37. The highest BCUT2D eigenvalue weighted by Gasteiger charge is 2.07. The van der Waals surface area contributed by atoms with Crippen molar-refractivity contribution in [2.75, 3.05) is 20.1 Å². The number of carbonyl (C=O) groups excluding carboxylic acids is 1. The van der Waals surface area contributed by atoms with Gasteiger partial charge in [0, 0.05) is 6.54 Å². The van der Waals surface area contributed by atoms with Gasteiger partial charge in [-0.05, 0) is 37.2 Å². The van der Waals surface area contributed by atoms with Gasteiger partial charge in [0.05, 0.1) is 6.54 Å². The molecule has 0 unspecified atom stereocenters. The molecule has 5 heteroatoms. The van der Waals surface area contributed by atoms with Gasteiger partial charge in [0.15, 0.2) is 0 Å².